The summed E-state index contributed by atoms with van der Waals surface area (Å²) in [6, 6.07) is 0. The summed E-state index contributed by atoms with van der Waals surface area (Å²) in [7, 11) is 0. The highest BCUT2D eigenvalue weighted by atomic mass is 127. The van der Waals surface area contributed by atoms with Gasteiger partial charge in [-0.05, 0) is 39.0 Å². The molecule has 0 amide bonds. The quantitative estimate of drug-likeness (QED) is 0.298. The van der Waals surface area contributed by atoms with Gasteiger partial charge in [-0.1, -0.05) is 11.6 Å². The minimum absolute atomic E-state index is 0. The molecule has 132 valence electrons. The summed E-state index contributed by atoms with van der Waals surface area (Å²) in [4.78, 5) is 10.2. The second-order valence-corrected chi connectivity index (χ2v) is 6.68. The highest BCUT2D eigenvalue weighted by molar-refractivity contribution is 14.0. The lowest BCUT2D eigenvalue weighted by molar-refractivity contribution is 0.665. The van der Waals surface area contributed by atoms with Crippen molar-refractivity contribution >= 4 is 46.2 Å². The molecule has 0 spiro atoms. The normalized spacial score (nSPS) is 15.0. The topological polar surface area (TPSA) is 53.7 Å². The summed E-state index contributed by atoms with van der Waals surface area (Å²) in [5, 5.41) is 8.78. The van der Waals surface area contributed by atoms with Gasteiger partial charge in [0.1, 0.15) is 0 Å². The predicted octanol–water partition coefficient (Wildman–Crippen LogP) is 3.96. The molecule has 2 aromatic rings. The van der Waals surface area contributed by atoms with Crippen molar-refractivity contribution in [2.45, 2.75) is 45.6 Å². The Labute approximate surface area is 164 Å². The van der Waals surface area contributed by atoms with E-state index in [1.165, 1.54) is 25.7 Å². The van der Waals surface area contributed by atoms with Crippen LogP contribution in [-0.4, -0.2) is 28.4 Å². The Morgan fingerprint density at radius 2 is 2.29 bits per heavy atom. The van der Waals surface area contributed by atoms with Gasteiger partial charge in [-0.25, -0.2) is 9.98 Å². The second-order valence-electron chi connectivity index (χ2n) is 5.81. The molecule has 3 rings (SSSR count). The van der Waals surface area contributed by atoms with E-state index in [4.69, 9.17) is 0 Å². The Morgan fingerprint density at radius 3 is 3.04 bits per heavy atom. The van der Waals surface area contributed by atoms with Crippen LogP contribution in [0.15, 0.2) is 34.4 Å². The zero-order valence-electron chi connectivity index (χ0n) is 14.1. The van der Waals surface area contributed by atoms with Gasteiger partial charge < -0.3 is 10.6 Å². The van der Waals surface area contributed by atoms with Gasteiger partial charge in [-0.15, -0.1) is 35.3 Å². The van der Waals surface area contributed by atoms with Crippen LogP contribution in [0.25, 0.3) is 4.96 Å². The van der Waals surface area contributed by atoms with Crippen molar-refractivity contribution in [3.8, 4) is 0 Å². The average molecular weight is 459 g/mol. The maximum atomic E-state index is 4.64. The fourth-order valence-corrected chi connectivity index (χ4v) is 3.55. The van der Waals surface area contributed by atoms with E-state index in [9.17, 15) is 0 Å². The Kier molecular flexibility index (Phi) is 8.04. The van der Waals surface area contributed by atoms with Crippen molar-refractivity contribution in [1.29, 1.82) is 0 Å². The zero-order valence-corrected chi connectivity index (χ0v) is 17.3. The molecule has 0 radical (unpaired) electrons. The van der Waals surface area contributed by atoms with Crippen LogP contribution in [0.1, 0.15) is 44.7 Å². The predicted molar refractivity (Wildman–Crippen MR) is 112 cm³/mol. The molecular weight excluding hydrogens is 433 g/mol. The lowest BCUT2D eigenvalue weighted by atomic mass is 9.97. The van der Waals surface area contributed by atoms with E-state index in [0.29, 0.717) is 6.54 Å². The number of aliphatic imine (C=N–C) groups is 1. The summed E-state index contributed by atoms with van der Waals surface area (Å²) >= 11 is 1.65. The Hall–Kier alpha value is -1.09. The van der Waals surface area contributed by atoms with Crippen molar-refractivity contribution in [1.82, 2.24) is 20.0 Å². The number of hydrogen-bond acceptors (Lipinski definition) is 3. The lowest BCUT2D eigenvalue weighted by Gasteiger charge is -2.15. The molecule has 24 heavy (non-hydrogen) atoms. The van der Waals surface area contributed by atoms with Gasteiger partial charge in [0.05, 0.1) is 12.2 Å². The van der Waals surface area contributed by atoms with Gasteiger partial charge >= 0.3 is 0 Å². The molecule has 0 aromatic carbocycles. The van der Waals surface area contributed by atoms with Crippen LogP contribution in [-0.2, 0) is 6.54 Å². The number of nitrogens with one attached hydrogen (secondary N) is 2. The third kappa shape index (κ3) is 5.47. The highest BCUT2D eigenvalue weighted by Gasteiger charge is 2.05. The molecule has 2 aromatic heterocycles. The van der Waals surface area contributed by atoms with E-state index in [0.717, 1.165) is 36.1 Å². The first-order chi connectivity index (χ1) is 11.3. The monoisotopic (exact) mass is 459 g/mol. The molecule has 1 aliphatic carbocycles. The number of thiazole rings is 1. The van der Waals surface area contributed by atoms with Gasteiger partial charge in [0, 0.05) is 30.9 Å². The van der Waals surface area contributed by atoms with Gasteiger partial charge in [0.15, 0.2) is 10.9 Å². The minimum atomic E-state index is 0. The molecule has 7 heteroatoms. The largest absolute Gasteiger partial charge is 0.357 e. The number of nitrogens with zero attached hydrogens (tertiary/aromatic N) is 3. The highest BCUT2D eigenvalue weighted by Crippen LogP contribution is 2.19. The standard InChI is InChI=1S/C17H25N5S.HI/c1-2-18-16(19-9-8-14-6-4-3-5-7-14)20-12-15-13-22-10-11-23-17(22)21-15;/h6,10-11,13H,2-5,7-9,12H2,1H3,(H2,18,19,20);1H. The van der Waals surface area contributed by atoms with E-state index in [-0.39, 0.29) is 24.0 Å². The molecule has 0 bridgehead atoms. The van der Waals surface area contributed by atoms with E-state index in [2.05, 4.69) is 33.6 Å². The van der Waals surface area contributed by atoms with Gasteiger partial charge in [0.2, 0.25) is 0 Å². The molecule has 0 atom stereocenters. The summed E-state index contributed by atoms with van der Waals surface area (Å²) in [5.74, 6) is 0.875. The van der Waals surface area contributed by atoms with Crippen LogP contribution in [0.5, 0.6) is 0 Å². The first-order valence-corrected chi connectivity index (χ1v) is 9.34. The molecule has 0 fully saturated rings. The maximum Gasteiger partial charge on any atom is 0.193 e. The molecule has 1 aliphatic rings. The van der Waals surface area contributed by atoms with E-state index >= 15 is 0 Å². The minimum Gasteiger partial charge on any atom is -0.357 e. The first-order valence-electron chi connectivity index (χ1n) is 8.46. The molecule has 5 nitrogen and oxygen atoms in total. The van der Waals surface area contributed by atoms with Crippen LogP contribution >= 0.6 is 35.3 Å². The van der Waals surface area contributed by atoms with Crippen molar-refractivity contribution < 1.29 is 0 Å². The van der Waals surface area contributed by atoms with Crippen LogP contribution in [0.3, 0.4) is 0 Å². The number of imidazole rings is 1. The Bertz CT molecular complexity index is 660. The third-order valence-electron chi connectivity index (χ3n) is 4.01. The second kappa shape index (κ2) is 10.0. The summed E-state index contributed by atoms with van der Waals surface area (Å²) in [6.07, 6.45) is 12.8. The zero-order chi connectivity index (χ0) is 15.9. The van der Waals surface area contributed by atoms with E-state index in [1.807, 2.05) is 22.2 Å². The maximum absolute atomic E-state index is 4.64. The number of fused-ring (bicyclic) bond motifs is 1. The molecule has 0 saturated heterocycles. The molecule has 0 unspecified atom stereocenters. The fraction of sp³-hybridized carbons (Fsp3) is 0.529. The molecule has 2 N–H and O–H groups in total. The molecule has 0 saturated carbocycles. The van der Waals surface area contributed by atoms with Crippen LogP contribution in [0.2, 0.25) is 0 Å². The first kappa shape index (κ1) is 19.2. The number of rotatable bonds is 6. The van der Waals surface area contributed by atoms with E-state index in [1.54, 1.807) is 16.9 Å². The van der Waals surface area contributed by atoms with Crippen LogP contribution in [0.4, 0.5) is 0 Å². The summed E-state index contributed by atoms with van der Waals surface area (Å²) < 4.78 is 2.05. The molecular formula is C17H26IN5S. The SMILES string of the molecule is CCNC(=NCc1cn2ccsc2n1)NCCC1=CCCCC1.I. The summed E-state index contributed by atoms with van der Waals surface area (Å²) in [5.41, 5.74) is 2.60. The number of aromatic nitrogens is 2. The molecule has 2 heterocycles. The molecule has 0 aliphatic heterocycles. The number of guanidine groups is 1. The van der Waals surface area contributed by atoms with Crippen molar-refractivity contribution in [3.05, 3.63) is 35.1 Å². The fourth-order valence-electron chi connectivity index (χ4n) is 2.83. The smallest absolute Gasteiger partial charge is 0.193 e. The Balaban J connectivity index is 0.00000208. The number of allylic oxidation sites excluding steroid dienone is 1. The Morgan fingerprint density at radius 1 is 1.38 bits per heavy atom. The van der Waals surface area contributed by atoms with Gasteiger partial charge in [-0.3, -0.25) is 4.40 Å². The van der Waals surface area contributed by atoms with Gasteiger partial charge in [0.25, 0.3) is 0 Å². The van der Waals surface area contributed by atoms with Crippen molar-refractivity contribution in [2.24, 2.45) is 4.99 Å². The van der Waals surface area contributed by atoms with Gasteiger partial charge in [-0.2, -0.15) is 0 Å². The number of halogens is 1. The van der Waals surface area contributed by atoms with E-state index < -0.39 is 0 Å². The van der Waals surface area contributed by atoms with Crippen LogP contribution in [0, 0.1) is 0 Å². The van der Waals surface area contributed by atoms with Crippen molar-refractivity contribution in [2.75, 3.05) is 13.1 Å². The van der Waals surface area contributed by atoms with Crippen LogP contribution < -0.4 is 10.6 Å². The lowest BCUT2D eigenvalue weighted by Crippen LogP contribution is -2.37. The average Bonchev–Trinajstić information content (AvgIpc) is 3.15. The summed E-state index contributed by atoms with van der Waals surface area (Å²) in [6.45, 7) is 4.50. The third-order valence-corrected chi connectivity index (χ3v) is 4.78. The van der Waals surface area contributed by atoms with Crippen molar-refractivity contribution in [3.63, 3.8) is 0 Å². The number of hydrogen-bond donors (Lipinski definition) is 2.